The second-order valence-electron chi connectivity index (χ2n) is 9.11. The number of piperidine rings is 1. The minimum Gasteiger partial charge on any atom is -0.368 e. The molecule has 0 bridgehead atoms. The number of rotatable bonds is 6. The van der Waals surface area contributed by atoms with Crippen LogP contribution >= 0.6 is 0 Å². The second-order valence-corrected chi connectivity index (χ2v) is 9.11. The summed E-state index contributed by atoms with van der Waals surface area (Å²) in [7, 11) is 0. The van der Waals surface area contributed by atoms with E-state index in [1.807, 2.05) is 4.90 Å². The monoisotopic (exact) mass is 475 g/mol. The summed E-state index contributed by atoms with van der Waals surface area (Å²) in [5.41, 5.74) is 6.77. The number of pyridine rings is 1. The first-order chi connectivity index (χ1) is 16.3. The molecule has 1 amide bonds. The molecule has 0 spiro atoms. The number of nitrogens with one attached hydrogen (secondary N) is 1. The highest BCUT2D eigenvalue weighted by molar-refractivity contribution is 5.95. The third-order valence-electron chi connectivity index (χ3n) is 6.76. The Morgan fingerprint density at radius 3 is 2.50 bits per heavy atom. The molecule has 0 atom stereocenters. The molecule has 2 fully saturated rings. The number of halogens is 3. The van der Waals surface area contributed by atoms with Gasteiger partial charge in [0.2, 0.25) is 0 Å². The van der Waals surface area contributed by atoms with Crippen molar-refractivity contribution >= 4 is 11.7 Å². The molecule has 1 aromatic carbocycles. The van der Waals surface area contributed by atoms with Gasteiger partial charge in [-0.2, -0.15) is 13.2 Å². The molecule has 6 nitrogen and oxygen atoms in total. The smallest absolute Gasteiger partial charge is 0.368 e. The molecule has 0 saturated carbocycles. The number of carbonyl (C=O) groups is 1. The number of likely N-dealkylation sites (tertiary alicyclic amines) is 2. The average Bonchev–Trinajstić information content (AvgIpc) is 3.37. The number of benzene rings is 1. The van der Waals surface area contributed by atoms with Crippen molar-refractivity contribution in [3.63, 3.8) is 0 Å². The van der Waals surface area contributed by atoms with Crippen LogP contribution in [0.5, 0.6) is 0 Å². The molecule has 0 radical (unpaired) electrons. The van der Waals surface area contributed by atoms with Crippen molar-refractivity contribution in [1.82, 2.24) is 14.8 Å². The molecule has 1 aromatic heterocycles. The third kappa shape index (κ3) is 5.36. The molecule has 9 heteroatoms. The number of anilines is 1. The fourth-order valence-corrected chi connectivity index (χ4v) is 4.93. The fraction of sp³-hybridized carbons (Fsp3) is 0.520. The number of amides is 1. The van der Waals surface area contributed by atoms with Gasteiger partial charge in [0.1, 0.15) is 11.5 Å². The van der Waals surface area contributed by atoms with Crippen molar-refractivity contribution in [1.29, 1.82) is 0 Å². The average molecular weight is 476 g/mol. The minimum absolute atomic E-state index is 0.135. The van der Waals surface area contributed by atoms with E-state index >= 15 is 0 Å². The Bertz CT molecular complexity index is 1010. The molecule has 0 unspecified atom stereocenters. The molecule has 184 valence electrons. The minimum atomic E-state index is -4.44. The van der Waals surface area contributed by atoms with Crippen molar-refractivity contribution in [2.24, 2.45) is 5.73 Å². The Morgan fingerprint density at radius 1 is 1.15 bits per heavy atom. The van der Waals surface area contributed by atoms with Gasteiger partial charge in [0.15, 0.2) is 0 Å². The summed E-state index contributed by atoms with van der Waals surface area (Å²) < 4.78 is 39.8. The van der Waals surface area contributed by atoms with E-state index in [2.05, 4.69) is 15.2 Å². The zero-order valence-corrected chi connectivity index (χ0v) is 19.5. The Kier molecular flexibility index (Phi) is 7.42. The lowest BCUT2D eigenvalue weighted by molar-refractivity contribution is -0.137. The first-order valence-corrected chi connectivity index (χ1v) is 11.9. The van der Waals surface area contributed by atoms with Crippen LogP contribution < -0.4 is 11.1 Å². The number of nitrogens with zero attached hydrogens (tertiary/aromatic N) is 3. The third-order valence-corrected chi connectivity index (χ3v) is 6.76. The largest absolute Gasteiger partial charge is 0.416 e. The van der Waals surface area contributed by atoms with E-state index in [0.29, 0.717) is 60.4 Å². The van der Waals surface area contributed by atoms with Crippen molar-refractivity contribution in [2.75, 3.05) is 44.6 Å². The van der Waals surface area contributed by atoms with Gasteiger partial charge in [-0.3, -0.25) is 4.79 Å². The van der Waals surface area contributed by atoms with Crippen molar-refractivity contribution in [3.8, 4) is 11.1 Å². The standard InChI is InChI=1S/C25H32F3N5O/c1-17-15-21(18-5-4-6-19(16-18)25(26,27)28)23(30-10-9-29)31-22(17)24(34)33-13-7-20(8-14-33)32-11-2-3-12-32/h4-6,15-16,20H,2-3,7-14,29H2,1H3,(H,30,31). The van der Waals surface area contributed by atoms with Crippen molar-refractivity contribution in [2.45, 2.75) is 44.8 Å². The molecule has 34 heavy (non-hydrogen) atoms. The van der Waals surface area contributed by atoms with Gasteiger partial charge < -0.3 is 20.9 Å². The Balaban J connectivity index is 1.59. The van der Waals surface area contributed by atoms with Crippen LogP contribution in [0, 0.1) is 6.92 Å². The number of aryl methyl sites for hydroxylation is 1. The summed E-state index contributed by atoms with van der Waals surface area (Å²) in [6.45, 7) is 6.14. The topological polar surface area (TPSA) is 74.5 Å². The van der Waals surface area contributed by atoms with Crippen molar-refractivity contribution in [3.05, 3.63) is 47.2 Å². The summed E-state index contributed by atoms with van der Waals surface area (Å²) in [6, 6.07) is 7.42. The van der Waals surface area contributed by atoms with Crippen LogP contribution in [0.2, 0.25) is 0 Å². The first-order valence-electron chi connectivity index (χ1n) is 11.9. The first kappa shape index (κ1) is 24.5. The molecule has 2 saturated heterocycles. The van der Waals surface area contributed by atoms with Gasteiger partial charge in [0.05, 0.1) is 5.56 Å². The second kappa shape index (κ2) is 10.3. The van der Waals surface area contributed by atoms with Crippen LogP contribution in [0.3, 0.4) is 0 Å². The predicted molar refractivity (Wildman–Crippen MR) is 127 cm³/mol. The quantitative estimate of drug-likeness (QED) is 0.657. The Morgan fingerprint density at radius 2 is 1.85 bits per heavy atom. The summed E-state index contributed by atoms with van der Waals surface area (Å²) in [5.74, 6) is 0.231. The predicted octanol–water partition coefficient (Wildman–Crippen LogP) is 4.15. The molecule has 2 aliphatic rings. The number of aromatic nitrogens is 1. The van der Waals surface area contributed by atoms with Crippen LogP contribution in [-0.2, 0) is 6.18 Å². The molecule has 4 rings (SSSR count). The molecule has 2 aliphatic heterocycles. The highest BCUT2D eigenvalue weighted by Crippen LogP contribution is 2.35. The van der Waals surface area contributed by atoms with Crippen molar-refractivity contribution < 1.29 is 18.0 Å². The van der Waals surface area contributed by atoms with E-state index in [4.69, 9.17) is 5.73 Å². The van der Waals surface area contributed by atoms with Gasteiger partial charge in [0.25, 0.3) is 5.91 Å². The van der Waals surface area contributed by atoms with E-state index in [-0.39, 0.29) is 5.91 Å². The molecule has 2 aromatic rings. The highest BCUT2D eigenvalue weighted by Gasteiger charge is 2.32. The van der Waals surface area contributed by atoms with Crippen LogP contribution in [0.15, 0.2) is 30.3 Å². The van der Waals surface area contributed by atoms with E-state index in [1.54, 1.807) is 19.1 Å². The lowest BCUT2D eigenvalue weighted by Gasteiger charge is -2.36. The lowest BCUT2D eigenvalue weighted by Crippen LogP contribution is -2.46. The zero-order chi connectivity index (χ0) is 24.3. The van der Waals surface area contributed by atoms with E-state index in [1.165, 1.54) is 18.9 Å². The summed E-state index contributed by atoms with van der Waals surface area (Å²) in [5, 5.41) is 3.09. The number of hydrogen-bond acceptors (Lipinski definition) is 5. The lowest BCUT2D eigenvalue weighted by atomic mass is 9.99. The molecule has 3 N–H and O–H groups in total. The normalized spacial score (nSPS) is 17.9. The van der Waals surface area contributed by atoms with Crippen LogP contribution in [0.1, 0.15) is 47.3 Å². The maximum Gasteiger partial charge on any atom is 0.416 e. The SMILES string of the molecule is Cc1cc(-c2cccc(C(F)(F)F)c2)c(NCCN)nc1C(=O)N1CCC(N2CCCC2)CC1. The summed E-state index contributed by atoms with van der Waals surface area (Å²) in [6.07, 6.45) is -0.0463. The zero-order valence-electron chi connectivity index (χ0n) is 19.5. The fourth-order valence-electron chi connectivity index (χ4n) is 4.93. The van der Waals surface area contributed by atoms with Gasteiger partial charge in [-0.15, -0.1) is 0 Å². The number of carbonyl (C=O) groups excluding carboxylic acids is 1. The number of nitrogens with two attached hydrogens (primary N) is 1. The van der Waals surface area contributed by atoms with E-state index < -0.39 is 11.7 Å². The maximum absolute atomic E-state index is 13.4. The van der Waals surface area contributed by atoms with Gasteiger partial charge in [-0.1, -0.05) is 12.1 Å². The highest BCUT2D eigenvalue weighted by atomic mass is 19.4. The van der Waals surface area contributed by atoms with Gasteiger partial charge in [-0.05, 0) is 75.0 Å². The summed E-state index contributed by atoms with van der Waals surface area (Å²) in [4.78, 5) is 22.3. The van der Waals surface area contributed by atoms with Gasteiger partial charge in [0, 0.05) is 37.8 Å². The number of hydrogen-bond donors (Lipinski definition) is 2. The summed E-state index contributed by atoms with van der Waals surface area (Å²) >= 11 is 0. The van der Waals surface area contributed by atoms with Crippen LogP contribution in [0.25, 0.3) is 11.1 Å². The van der Waals surface area contributed by atoms with Gasteiger partial charge >= 0.3 is 6.18 Å². The van der Waals surface area contributed by atoms with E-state index in [9.17, 15) is 18.0 Å². The molecule has 0 aliphatic carbocycles. The maximum atomic E-state index is 13.4. The van der Waals surface area contributed by atoms with Gasteiger partial charge in [-0.25, -0.2) is 4.98 Å². The van der Waals surface area contributed by atoms with Crippen LogP contribution in [-0.4, -0.2) is 66.0 Å². The van der Waals surface area contributed by atoms with E-state index in [0.717, 1.165) is 38.1 Å². The Labute approximate surface area is 198 Å². The Hall–Kier alpha value is -2.65. The molecular formula is C25H32F3N5O. The molecular weight excluding hydrogens is 443 g/mol. The molecule has 3 heterocycles. The number of alkyl halides is 3. The van der Waals surface area contributed by atoms with Crippen LogP contribution in [0.4, 0.5) is 19.0 Å².